The average molecular weight is 375 g/mol. The van der Waals surface area contributed by atoms with Gasteiger partial charge in [0, 0.05) is 18.8 Å². The lowest BCUT2D eigenvalue weighted by Gasteiger charge is -2.31. The van der Waals surface area contributed by atoms with E-state index in [0.29, 0.717) is 12.5 Å². The van der Waals surface area contributed by atoms with Gasteiger partial charge in [-0.1, -0.05) is 0 Å². The molecule has 1 saturated heterocycles. The topological polar surface area (TPSA) is 54.7 Å². The molecule has 1 aliphatic rings. The Balaban J connectivity index is 1.37. The number of anilines is 1. The lowest BCUT2D eigenvalue weighted by molar-refractivity contribution is 0.187. The first kappa shape index (κ1) is 18.7. The Bertz CT molecular complexity index is 665. The normalized spacial score (nSPS) is 15.0. The first-order valence-electron chi connectivity index (χ1n) is 9.13. The number of hydrogen-bond acceptors (Lipinski definition) is 4. The molecule has 1 aromatic carbocycles. The monoisotopic (exact) mass is 374 g/mol. The molecule has 6 heteroatoms. The minimum absolute atomic E-state index is 0.0177. The molecule has 0 bridgehead atoms. The summed E-state index contributed by atoms with van der Waals surface area (Å²) >= 11 is 1.91. The second-order valence-electron chi connectivity index (χ2n) is 6.41. The third-order valence-corrected chi connectivity index (χ3v) is 5.69. The van der Waals surface area contributed by atoms with Crippen molar-refractivity contribution in [1.29, 1.82) is 0 Å². The number of furan rings is 1. The van der Waals surface area contributed by atoms with Gasteiger partial charge in [-0.15, -0.1) is 0 Å². The third-order valence-electron chi connectivity index (χ3n) is 4.50. The summed E-state index contributed by atoms with van der Waals surface area (Å²) in [5.74, 6) is 4.56. The molecule has 2 heterocycles. The zero-order valence-electron chi connectivity index (χ0n) is 15.1. The smallest absolute Gasteiger partial charge is 0.321 e. The van der Waals surface area contributed by atoms with E-state index >= 15 is 0 Å². The van der Waals surface area contributed by atoms with Crippen LogP contribution in [0.3, 0.4) is 0 Å². The highest BCUT2D eigenvalue weighted by molar-refractivity contribution is 7.98. The second kappa shape index (κ2) is 9.57. The van der Waals surface area contributed by atoms with E-state index in [4.69, 9.17) is 9.15 Å². The molecule has 0 aliphatic carbocycles. The van der Waals surface area contributed by atoms with Gasteiger partial charge in [-0.25, -0.2) is 4.79 Å². The number of nitrogens with one attached hydrogen (secondary N) is 1. The van der Waals surface area contributed by atoms with Crippen molar-refractivity contribution in [2.45, 2.75) is 25.5 Å². The Kier molecular flexibility index (Phi) is 6.89. The Morgan fingerprint density at radius 1 is 1.27 bits per heavy atom. The van der Waals surface area contributed by atoms with Crippen molar-refractivity contribution in [2.24, 2.45) is 5.92 Å². The predicted octanol–water partition coefficient (Wildman–Crippen LogP) is 4.86. The third kappa shape index (κ3) is 5.46. The van der Waals surface area contributed by atoms with Crippen LogP contribution in [0, 0.1) is 5.92 Å². The van der Waals surface area contributed by atoms with Gasteiger partial charge in [0.1, 0.15) is 11.5 Å². The number of piperidine rings is 1. The van der Waals surface area contributed by atoms with Crippen molar-refractivity contribution in [3.63, 3.8) is 0 Å². The van der Waals surface area contributed by atoms with Crippen molar-refractivity contribution in [2.75, 3.05) is 30.8 Å². The van der Waals surface area contributed by atoms with E-state index in [-0.39, 0.29) is 6.03 Å². The van der Waals surface area contributed by atoms with Crippen LogP contribution in [0.5, 0.6) is 5.75 Å². The highest BCUT2D eigenvalue weighted by Gasteiger charge is 2.22. The van der Waals surface area contributed by atoms with Crippen LogP contribution < -0.4 is 10.1 Å². The molecule has 3 rings (SSSR count). The highest BCUT2D eigenvalue weighted by atomic mass is 32.2. The number of benzene rings is 1. The number of urea groups is 1. The van der Waals surface area contributed by atoms with Gasteiger partial charge < -0.3 is 19.4 Å². The molecule has 26 heavy (non-hydrogen) atoms. The molecule has 0 unspecified atom stereocenters. The molecule has 0 spiro atoms. The molecular weight excluding hydrogens is 348 g/mol. The second-order valence-corrected chi connectivity index (χ2v) is 7.44. The number of thioether (sulfide) groups is 1. The van der Waals surface area contributed by atoms with Gasteiger partial charge in [-0.3, -0.25) is 0 Å². The summed E-state index contributed by atoms with van der Waals surface area (Å²) in [5.41, 5.74) is 0.801. The Labute approximate surface area is 159 Å². The van der Waals surface area contributed by atoms with Crippen LogP contribution in [0.15, 0.2) is 47.1 Å². The van der Waals surface area contributed by atoms with E-state index in [1.54, 1.807) is 6.26 Å². The van der Waals surface area contributed by atoms with Crippen molar-refractivity contribution >= 4 is 23.5 Å². The van der Waals surface area contributed by atoms with Crippen molar-refractivity contribution < 1.29 is 13.9 Å². The van der Waals surface area contributed by atoms with Crippen LogP contribution in [0.25, 0.3) is 0 Å². The Hall–Kier alpha value is -2.08. The minimum atomic E-state index is -0.0177. The Morgan fingerprint density at radius 2 is 2.04 bits per heavy atom. The summed E-state index contributed by atoms with van der Waals surface area (Å²) in [6.07, 6.45) is 3.83. The molecule has 0 radical (unpaired) electrons. The maximum atomic E-state index is 12.4. The lowest BCUT2D eigenvalue weighted by atomic mass is 9.99. The first-order chi connectivity index (χ1) is 12.7. The summed E-state index contributed by atoms with van der Waals surface area (Å²) < 4.78 is 10.8. The van der Waals surface area contributed by atoms with Crippen LogP contribution in [0.1, 0.15) is 25.5 Å². The number of likely N-dealkylation sites (tertiary alicyclic amines) is 1. The molecule has 2 aromatic rings. The van der Waals surface area contributed by atoms with Gasteiger partial charge in [-0.2, -0.15) is 11.8 Å². The molecule has 5 nitrogen and oxygen atoms in total. The standard InChI is InChI=1S/C20H26N2O3S/c1-2-24-18-7-5-17(6-8-18)21-20(23)22-11-9-16(10-12-22)14-26-15-19-4-3-13-25-19/h3-8,13,16H,2,9-12,14-15H2,1H3,(H,21,23). The van der Waals surface area contributed by atoms with E-state index in [1.807, 2.05) is 60.0 Å². The van der Waals surface area contributed by atoms with E-state index in [9.17, 15) is 4.79 Å². The summed E-state index contributed by atoms with van der Waals surface area (Å²) in [7, 11) is 0. The van der Waals surface area contributed by atoms with Gasteiger partial charge in [0.25, 0.3) is 0 Å². The molecule has 1 aromatic heterocycles. The first-order valence-corrected chi connectivity index (χ1v) is 10.3. The molecular formula is C20H26N2O3S. The van der Waals surface area contributed by atoms with Gasteiger partial charge in [0.15, 0.2) is 0 Å². The molecule has 1 fully saturated rings. The largest absolute Gasteiger partial charge is 0.494 e. The molecule has 0 atom stereocenters. The number of rotatable bonds is 7. The number of amides is 2. The van der Waals surface area contributed by atoms with Gasteiger partial charge in [-0.05, 0) is 67.8 Å². The van der Waals surface area contributed by atoms with Crippen LogP contribution >= 0.6 is 11.8 Å². The fourth-order valence-electron chi connectivity index (χ4n) is 3.03. The lowest BCUT2D eigenvalue weighted by Crippen LogP contribution is -2.41. The SMILES string of the molecule is CCOc1ccc(NC(=O)N2CCC(CSCc3ccco3)CC2)cc1. The minimum Gasteiger partial charge on any atom is -0.494 e. The van der Waals surface area contributed by atoms with Gasteiger partial charge >= 0.3 is 6.03 Å². The number of ether oxygens (including phenoxy) is 1. The average Bonchev–Trinajstić information content (AvgIpc) is 3.18. The van der Waals surface area contributed by atoms with Crippen molar-refractivity contribution in [1.82, 2.24) is 4.90 Å². The van der Waals surface area contributed by atoms with Crippen LogP contribution in [-0.4, -0.2) is 36.4 Å². The van der Waals surface area contributed by atoms with E-state index in [2.05, 4.69) is 5.32 Å². The molecule has 0 saturated carbocycles. The highest BCUT2D eigenvalue weighted by Crippen LogP contribution is 2.24. The Morgan fingerprint density at radius 3 is 2.69 bits per heavy atom. The fourth-order valence-corrected chi connectivity index (χ4v) is 4.18. The summed E-state index contributed by atoms with van der Waals surface area (Å²) in [5, 5.41) is 2.97. The van der Waals surface area contributed by atoms with E-state index in [0.717, 1.165) is 54.6 Å². The maximum absolute atomic E-state index is 12.4. The summed E-state index contributed by atoms with van der Waals surface area (Å²) in [6, 6.07) is 11.4. The van der Waals surface area contributed by atoms with E-state index < -0.39 is 0 Å². The van der Waals surface area contributed by atoms with Crippen molar-refractivity contribution in [3.8, 4) is 5.75 Å². The number of carbonyl (C=O) groups excluding carboxylic acids is 1. The zero-order chi connectivity index (χ0) is 18.2. The number of carbonyl (C=O) groups is 1. The zero-order valence-corrected chi connectivity index (χ0v) is 16.0. The predicted molar refractivity (Wildman–Crippen MR) is 106 cm³/mol. The summed E-state index contributed by atoms with van der Waals surface area (Å²) in [6.45, 7) is 4.22. The van der Waals surface area contributed by atoms with E-state index in [1.165, 1.54) is 0 Å². The van der Waals surface area contributed by atoms with Gasteiger partial charge in [0.2, 0.25) is 0 Å². The van der Waals surface area contributed by atoms with Gasteiger partial charge in [0.05, 0.1) is 18.6 Å². The van der Waals surface area contributed by atoms with Crippen molar-refractivity contribution in [3.05, 3.63) is 48.4 Å². The quantitative estimate of drug-likeness (QED) is 0.752. The number of nitrogens with zero attached hydrogens (tertiary/aromatic N) is 1. The molecule has 140 valence electrons. The molecule has 2 amide bonds. The van der Waals surface area contributed by atoms with Crippen LogP contribution in [-0.2, 0) is 5.75 Å². The van der Waals surface area contributed by atoms with Crippen LogP contribution in [0.4, 0.5) is 10.5 Å². The number of hydrogen-bond donors (Lipinski definition) is 1. The summed E-state index contributed by atoms with van der Waals surface area (Å²) in [4.78, 5) is 14.3. The fraction of sp³-hybridized carbons (Fsp3) is 0.450. The maximum Gasteiger partial charge on any atom is 0.321 e. The van der Waals surface area contributed by atoms with Crippen LogP contribution in [0.2, 0.25) is 0 Å². The molecule has 1 N–H and O–H groups in total. The molecule has 1 aliphatic heterocycles.